The number of rotatable bonds is 8. The van der Waals surface area contributed by atoms with Crippen LogP contribution in [0.5, 0.6) is 0 Å². The van der Waals surface area contributed by atoms with Crippen LogP contribution in [0, 0.1) is 18.8 Å². The lowest BCUT2D eigenvalue weighted by atomic mass is 9.67. The van der Waals surface area contributed by atoms with Crippen molar-refractivity contribution < 1.29 is 39.6 Å². The van der Waals surface area contributed by atoms with Gasteiger partial charge in [-0.05, 0) is 82.2 Å². The van der Waals surface area contributed by atoms with Crippen molar-refractivity contribution in [3.8, 4) is 0 Å². The molecule has 1 aliphatic rings. The number of halogens is 6. The van der Waals surface area contributed by atoms with Crippen LogP contribution >= 0.6 is 0 Å². The molecule has 0 aliphatic heterocycles. The maximum atomic E-state index is 13.2. The third-order valence-corrected chi connectivity index (χ3v) is 9.69. The second-order valence-corrected chi connectivity index (χ2v) is 12.3. The van der Waals surface area contributed by atoms with Crippen LogP contribution in [0.25, 0.3) is 0 Å². The Labute approximate surface area is 206 Å². The minimum Gasteiger partial charge on any atom is -0.299 e. The Morgan fingerprint density at radius 2 is 1.64 bits per heavy atom. The first kappa shape index (κ1) is 28.1. The summed E-state index contributed by atoms with van der Waals surface area (Å²) in [4.78, 5) is 15.8. The van der Waals surface area contributed by atoms with E-state index in [4.69, 9.17) is 0 Å². The van der Waals surface area contributed by atoms with E-state index in [-0.39, 0.29) is 23.8 Å². The lowest BCUT2D eigenvalue weighted by Crippen LogP contribution is -2.48. The molecule has 1 aromatic carbocycles. The Kier molecular flexibility index (Phi) is 7.66. The molecule has 0 amide bonds. The van der Waals surface area contributed by atoms with Crippen molar-refractivity contribution in [1.29, 1.82) is 0 Å². The number of nitrogens with zero attached hydrogens (tertiary/aromatic N) is 1. The zero-order valence-corrected chi connectivity index (χ0v) is 20.8. The summed E-state index contributed by atoms with van der Waals surface area (Å²) in [6.45, 7) is 4.42. The number of pyridine rings is 1. The summed E-state index contributed by atoms with van der Waals surface area (Å²) in [7, 11) is -4.10. The van der Waals surface area contributed by atoms with E-state index in [9.17, 15) is 39.6 Å². The van der Waals surface area contributed by atoms with Crippen LogP contribution < -0.4 is 0 Å². The highest BCUT2D eigenvalue weighted by Crippen LogP contribution is 2.47. The average molecular weight is 536 g/mol. The second-order valence-electron chi connectivity index (χ2n) is 9.76. The number of alkyl halides is 6. The van der Waals surface area contributed by atoms with Crippen LogP contribution in [-0.2, 0) is 33.4 Å². The predicted octanol–water partition coefficient (Wildman–Crippen LogP) is 6.60. The molecule has 3 rings (SSSR count). The van der Waals surface area contributed by atoms with Crippen molar-refractivity contribution in [1.82, 2.24) is 4.98 Å². The highest BCUT2D eigenvalue weighted by atomic mass is 32.2. The van der Waals surface area contributed by atoms with Gasteiger partial charge in [0.15, 0.2) is 9.84 Å². The molecule has 1 heterocycles. The lowest BCUT2D eigenvalue weighted by Gasteiger charge is -2.44. The van der Waals surface area contributed by atoms with E-state index < -0.39 is 49.0 Å². The van der Waals surface area contributed by atoms with E-state index in [1.807, 2.05) is 0 Å². The summed E-state index contributed by atoms with van der Waals surface area (Å²) >= 11 is 0. The first-order chi connectivity index (χ1) is 16.4. The summed E-state index contributed by atoms with van der Waals surface area (Å²) in [5.41, 5.74) is -1.14. The molecule has 0 unspecified atom stereocenters. The first-order valence-corrected chi connectivity index (χ1v) is 12.9. The van der Waals surface area contributed by atoms with Crippen molar-refractivity contribution in [2.75, 3.05) is 0 Å². The molecule has 0 bridgehead atoms. The summed E-state index contributed by atoms with van der Waals surface area (Å²) in [6.07, 6.45) is -7.58. The first-order valence-electron chi connectivity index (χ1n) is 11.4. The molecule has 1 aromatic heterocycles. The Balaban J connectivity index is 1.57. The second kappa shape index (κ2) is 9.79. The van der Waals surface area contributed by atoms with Crippen LogP contribution in [0.15, 0.2) is 41.3 Å². The number of carbonyl (C=O) groups excluding carboxylic acids is 1. The fourth-order valence-electron chi connectivity index (χ4n) is 4.48. The maximum absolute atomic E-state index is 13.2. The van der Waals surface area contributed by atoms with Gasteiger partial charge in [-0.15, -0.1) is 0 Å². The van der Waals surface area contributed by atoms with Gasteiger partial charge in [0.2, 0.25) is 0 Å². The average Bonchev–Trinajstić information content (AvgIpc) is 2.72. The topological polar surface area (TPSA) is 64.1 Å². The molecule has 1 fully saturated rings. The molecule has 0 spiro atoms. The van der Waals surface area contributed by atoms with E-state index in [0.717, 1.165) is 24.3 Å². The molecule has 0 atom stereocenters. The van der Waals surface area contributed by atoms with Gasteiger partial charge in [-0.3, -0.25) is 4.79 Å². The van der Waals surface area contributed by atoms with Crippen molar-refractivity contribution in [2.45, 2.75) is 74.9 Å². The van der Waals surface area contributed by atoms with Gasteiger partial charge in [-0.1, -0.05) is 12.1 Å². The van der Waals surface area contributed by atoms with Crippen LogP contribution in [0.4, 0.5) is 26.3 Å². The SMILES string of the molecule is Cc1nc(C(F)(F)F)ccc1CCCC(=O)C1CC(C(C)(C)S(=O)(=O)c2cccc(C(F)(F)F)c2)C1. The third-order valence-electron chi connectivity index (χ3n) is 7.10. The summed E-state index contributed by atoms with van der Waals surface area (Å²) in [6, 6.07) is 5.92. The standard InChI is InChI=1S/C25H27F6NO3S/c1-15-16(10-11-22(32-15)25(29,30)31)6-4-9-21(33)17-12-19(13-17)23(2,3)36(34,35)20-8-5-7-18(14-20)24(26,27)28/h5,7-8,10-11,14,17,19H,4,6,9,12-13H2,1-3H3. The molecule has 0 saturated heterocycles. The van der Waals surface area contributed by atoms with Crippen LogP contribution in [0.2, 0.25) is 0 Å². The Bertz CT molecular complexity index is 1230. The molecule has 198 valence electrons. The summed E-state index contributed by atoms with van der Waals surface area (Å²) in [5, 5.41) is 0. The van der Waals surface area contributed by atoms with E-state index >= 15 is 0 Å². The molecule has 0 N–H and O–H groups in total. The quantitative estimate of drug-likeness (QED) is 0.358. The number of aromatic nitrogens is 1. The molecular formula is C25H27F6NO3S. The summed E-state index contributed by atoms with van der Waals surface area (Å²) in [5.74, 6) is -0.804. The third kappa shape index (κ3) is 5.76. The smallest absolute Gasteiger partial charge is 0.299 e. The summed E-state index contributed by atoms with van der Waals surface area (Å²) < 4.78 is 102. The van der Waals surface area contributed by atoms with Crippen molar-refractivity contribution >= 4 is 15.6 Å². The number of hydrogen-bond acceptors (Lipinski definition) is 4. The number of sulfone groups is 1. The van der Waals surface area contributed by atoms with Gasteiger partial charge in [0, 0.05) is 18.0 Å². The number of aryl methyl sites for hydroxylation is 2. The van der Waals surface area contributed by atoms with E-state index in [1.54, 1.807) is 0 Å². The zero-order valence-electron chi connectivity index (χ0n) is 20.0. The van der Waals surface area contributed by atoms with Gasteiger partial charge < -0.3 is 0 Å². The highest BCUT2D eigenvalue weighted by Gasteiger charge is 2.50. The normalized spacial score (nSPS) is 19.1. The van der Waals surface area contributed by atoms with Crippen LogP contribution in [0.3, 0.4) is 0 Å². The fourth-order valence-corrected chi connectivity index (χ4v) is 6.26. The van der Waals surface area contributed by atoms with Crippen LogP contribution in [-0.4, -0.2) is 23.9 Å². The van der Waals surface area contributed by atoms with Gasteiger partial charge in [-0.25, -0.2) is 13.4 Å². The molecule has 11 heteroatoms. The molecule has 36 heavy (non-hydrogen) atoms. The number of hydrogen-bond donors (Lipinski definition) is 0. The van der Waals surface area contributed by atoms with Crippen molar-refractivity contribution in [2.24, 2.45) is 11.8 Å². The van der Waals surface area contributed by atoms with Gasteiger partial charge in [-0.2, -0.15) is 26.3 Å². The molecular weight excluding hydrogens is 508 g/mol. The minimum absolute atomic E-state index is 0.0592. The highest BCUT2D eigenvalue weighted by molar-refractivity contribution is 7.92. The molecule has 1 saturated carbocycles. The Morgan fingerprint density at radius 3 is 2.19 bits per heavy atom. The van der Waals surface area contributed by atoms with E-state index in [0.29, 0.717) is 37.3 Å². The Hall–Kier alpha value is -2.43. The van der Waals surface area contributed by atoms with Crippen molar-refractivity contribution in [3.63, 3.8) is 0 Å². The number of carbonyl (C=O) groups is 1. The molecule has 1 aliphatic carbocycles. The largest absolute Gasteiger partial charge is 0.433 e. The van der Waals surface area contributed by atoms with Gasteiger partial charge >= 0.3 is 12.4 Å². The fraction of sp³-hybridized carbons (Fsp3) is 0.520. The minimum atomic E-state index is -4.67. The zero-order chi connectivity index (χ0) is 27.1. The van der Waals surface area contributed by atoms with Gasteiger partial charge in [0.05, 0.1) is 15.2 Å². The van der Waals surface area contributed by atoms with Crippen LogP contribution in [0.1, 0.15) is 62.0 Å². The molecule has 2 aromatic rings. The van der Waals surface area contributed by atoms with Gasteiger partial charge in [0.1, 0.15) is 11.5 Å². The predicted molar refractivity (Wildman–Crippen MR) is 121 cm³/mol. The van der Waals surface area contributed by atoms with Gasteiger partial charge in [0.25, 0.3) is 0 Å². The van der Waals surface area contributed by atoms with Crippen molar-refractivity contribution in [3.05, 3.63) is 58.9 Å². The number of benzene rings is 1. The lowest BCUT2D eigenvalue weighted by molar-refractivity contribution is -0.141. The number of ketones is 1. The molecule has 0 radical (unpaired) electrons. The monoisotopic (exact) mass is 535 g/mol. The van der Waals surface area contributed by atoms with E-state index in [2.05, 4.69) is 4.98 Å². The van der Waals surface area contributed by atoms with E-state index in [1.165, 1.54) is 26.8 Å². The Morgan fingerprint density at radius 1 is 1.00 bits per heavy atom. The number of Topliss-reactive ketones (excluding diaryl/α,β-unsaturated/α-hetero) is 1. The maximum Gasteiger partial charge on any atom is 0.433 e. The molecule has 4 nitrogen and oxygen atoms in total.